The van der Waals surface area contributed by atoms with Gasteiger partial charge in [-0.15, -0.1) is 0 Å². The van der Waals surface area contributed by atoms with Crippen LogP contribution in [0.3, 0.4) is 0 Å². The molecule has 17 heavy (non-hydrogen) atoms. The molecule has 0 spiro atoms. The molecule has 94 valence electrons. The summed E-state index contributed by atoms with van der Waals surface area (Å²) in [6, 6.07) is 5.95. The average Bonchev–Trinajstić information content (AvgIpc) is 2.24. The number of hydrogen-bond acceptors (Lipinski definition) is 3. The van der Waals surface area contributed by atoms with E-state index in [1.54, 1.807) is 6.07 Å². The molecule has 1 aromatic carbocycles. The fourth-order valence-corrected chi connectivity index (χ4v) is 2.54. The third-order valence-corrected chi connectivity index (χ3v) is 3.46. The molecular weight excluding hydrogens is 242 g/mol. The number of aliphatic carboxylic acids is 1. The van der Waals surface area contributed by atoms with Crippen LogP contribution in [0.15, 0.2) is 29.2 Å². The van der Waals surface area contributed by atoms with Gasteiger partial charge in [0.25, 0.3) is 0 Å². The summed E-state index contributed by atoms with van der Waals surface area (Å²) in [4.78, 5) is 11.0. The maximum Gasteiger partial charge on any atom is 0.311 e. The number of carboxylic acids is 1. The number of carboxylic acid groups (broad SMARTS) is 1. The highest BCUT2D eigenvalue weighted by atomic mass is 32.2. The van der Waals surface area contributed by atoms with Gasteiger partial charge in [-0.2, -0.15) is 0 Å². The first-order valence-electron chi connectivity index (χ1n) is 5.22. The molecule has 3 N–H and O–H groups in total. The minimum absolute atomic E-state index is 0.110. The lowest BCUT2D eigenvalue weighted by molar-refractivity contribution is -0.139. The van der Waals surface area contributed by atoms with E-state index >= 15 is 0 Å². The summed E-state index contributed by atoms with van der Waals surface area (Å²) >= 11 is 0. The van der Waals surface area contributed by atoms with Crippen molar-refractivity contribution in [2.24, 2.45) is 5.14 Å². The van der Waals surface area contributed by atoms with Crippen LogP contribution in [0.4, 0.5) is 0 Å². The molecule has 0 aliphatic heterocycles. The van der Waals surface area contributed by atoms with E-state index < -0.39 is 21.9 Å². The van der Waals surface area contributed by atoms with E-state index in [0.29, 0.717) is 12.8 Å². The molecule has 0 bridgehead atoms. The van der Waals surface area contributed by atoms with Crippen molar-refractivity contribution in [1.29, 1.82) is 0 Å². The van der Waals surface area contributed by atoms with Crippen molar-refractivity contribution in [2.75, 3.05) is 0 Å². The Balaban J connectivity index is 3.34. The monoisotopic (exact) mass is 257 g/mol. The minimum atomic E-state index is -3.89. The van der Waals surface area contributed by atoms with Gasteiger partial charge in [0.05, 0.1) is 10.8 Å². The standard InChI is InChI=1S/C11H15NO4S/c1-2-5-9(11(13)14)8-6-3-4-7-10(8)17(12,15)16/h3-4,6-7,9H,2,5H2,1H3,(H,13,14)(H2,12,15,16). The zero-order valence-corrected chi connectivity index (χ0v) is 10.3. The van der Waals surface area contributed by atoms with Crippen LogP contribution in [-0.2, 0) is 14.8 Å². The van der Waals surface area contributed by atoms with Crippen LogP contribution < -0.4 is 5.14 Å². The fraction of sp³-hybridized carbons (Fsp3) is 0.364. The van der Waals surface area contributed by atoms with Crippen molar-refractivity contribution in [2.45, 2.75) is 30.6 Å². The Morgan fingerprint density at radius 3 is 2.47 bits per heavy atom. The molecule has 0 aromatic heterocycles. The van der Waals surface area contributed by atoms with Crippen LogP contribution in [0.1, 0.15) is 31.2 Å². The van der Waals surface area contributed by atoms with Crippen molar-refractivity contribution in [3.05, 3.63) is 29.8 Å². The largest absolute Gasteiger partial charge is 0.481 e. The zero-order chi connectivity index (χ0) is 13.1. The normalized spacial score (nSPS) is 13.3. The number of benzene rings is 1. The summed E-state index contributed by atoms with van der Waals surface area (Å²) in [5.74, 6) is -1.88. The third-order valence-electron chi connectivity index (χ3n) is 2.48. The Morgan fingerprint density at radius 1 is 1.41 bits per heavy atom. The van der Waals surface area contributed by atoms with Gasteiger partial charge in [-0.05, 0) is 18.1 Å². The summed E-state index contributed by atoms with van der Waals surface area (Å²) in [7, 11) is -3.89. The lowest BCUT2D eigenvalue weighted by Crippen LogP contribution is -2.19. The van der Waals surface area contributed by atoms with E-state index in [4.69, 9.17) is 10.2 Å². The van der Waals surface area contributed by atoms with Crippen LogP contribution in [-0.4, -0.2) is 19.5 Å². The molecule has 1 rings (SSSR count). The van der Waals surface area contributed by atoms with Gasteiger partial charge in [-0.3, -0.25) is 4.79 Å². The summed E-state index contributed by atoms with van der Waals surface area (Å²) in [6.45, 7) is 1.84. The van der Waals surface area contributed by atoms with E-state index in [0.717, 1.165) is 0 Å². The predicted octanol–water partition coefficient (Wildman–Crippen LogP) is 1.30. The van der Waals surface area contributed by atoms with Gasteiger partial charge in [0.15, 0.2) is 0 Å². The SMILES string of the molecule is CCCC(C(=O)O)c1ccccc1S(N)(=O)=O. The summed E-state index contributed by atoms with van der Waals surface area (Å²) in [5.41, 5.74) is 0.254. The molecule has 0 saturated heterocycles. The van der Waals surface area contributed by atoms with E-state index in [9.17, 15) is 13.2 Å². The highest BCUT2D eigenvalue weighted by Crippen LogP contribution is 2.27. The summed E-state index contributed by atoms with van der Waals surface area (Å²) in [5, 5.41) is 14.2. The topological polar surface area (TPSA) is 97.5 Å². The van der Waals surface area contributed by atoms with E-state index in [1.165, 1.54) is 18.2 Å². The smallest absolute Gasteiger partial charge is 0.311 e. The molecule has 0 amide bonds. The van der Waals surface area contributed by atoms with E-state index in [2.05, 4.69) is 0 Å². The van der Waals surface area contributed by atoms with Crippen LogP contribution in [0.2, 0.25) is 0 Å². The lowest BCUT2D eigenvalue weighted by Gasteiger charge is -2.14. The molecule has 0 aliphatic rings. The first-order chi connectivity index (χ1) is 7.88. The number of carbonyl (C=O) groups is 1. The Labute approximate surface area is 100 Å². The molecular formula is C11H15NO4S. The lowest BCUT2D eigenvalue weighted by atomic mass is 9.95. The van der Waals surface area contributed by atoms with E-state index in [1.807, 2.05) is 6.92 Å². The van der Waals surface area contributed by atoms with Crippen molar-refractivity contribution < 1.29 is 18.3 Å². The molecule has 0 fully saturated rings. The Hall–Kier alpha value is -1.40. The molecule has 1 atom stereocenters. The van der Waals surface area contributed by atoms with Crippen molar-refractivity contribution in [1.82, 2.24) is 0 Å². The van der Waals surface area contributed by atoms with Crippen molar-refractivity contribution >= 4 is 16.0 Å². The van der Waals surface area contributed by atoms with Crippen LogP contribution in [0.5, 0.6) is 0 Å². The Morgan fingerprint density at radius 2 is 2.00 bits per heavy atom. The quantitative estimate of drug-likeness (QED) is 0.830. The number of sulfonamides is 1. The molecule has 0 radical (unpaired) electrons. The van der Waals surface area contributed by atoms with Gasteiger partial charge in [-0.25, -0.2) is 13.6 Å². The van der Waals surface area contributed by atoms with Gasteiger partial charge in [0.2, 0.25) is 10.0 Å². The maximum atomic E-state index is 11.4. The molecule has 1 unspecified atom stereocenters. The highest BCUT2D eigenvalue weighted by molar-refractivity contribution is 7.89. The maximum absolute atomic E-state index is 11.4. The van der Waals surface area contributed by atoms with Crippen LogP contribution >= 0.6 is 0 Å². The third kappa shape index (κ3) is 3.28. The molecule has 0 saturated carbocycles. The first kappa shape index (κ1) is 13.7. The second-order valence-corrected chi connectivity index (χ2v) is 5.29. The summed E-state index contributed by atoms with van der Waals surface area (Å²) in [6.07, 6.45) is 1.03. The van der Waals surface area contributed by atoms with Crippen molar-refractivity contribution in [3.8, 4) is 0 Å². The molecule has 0 aliphatic carbocycles. The second-order valence-electron chi connectivity index (χ2n) is 3.76. The molecule has 5 nitrogen and oxygen atoms in total. The molecule has 0 heterocycles. The number of hydrogen-bond donors (Lipinski definition) is 2. The van der Waals surface area contributed by atoms with Crippen LogP contribution in [0.25, 0.3) is 0 Å². The van der Waals surface area contributed by atoms with Gasteiger partial charge in [0, 0.05) is 0 Å². The van der Waals surface area contributed by atoms with Gasteiger partial charge in [-0.1, -0.05) is 31.5 Å². The van der Waals surface area contributed by atoms with E-state index in [-0.39, 0.29) is 10.5 Å². The first-order valence-corrected chi connectivity index (χ1v) is 6.77. The summed E-state index contributed by atoms with van der Waals surface area (Å²) < 4.78 is 22.7. The predicted molar refractivity (Wildman–Crippen MR) is 63.1 cm³/mol. The average molecular weight is 257 g/mol. The minimum Gasteiger partial charge on any atom is -0.481 e. The van der Waals surface area contributed by atoms with Gasteiger partial charge in [0.1, 0.15) is 0 Å². The number of rotatable bonds is 5. The van der Waals surface area contributed by atoms with Crippen LogP contribution in [0, 0.1) is 0 Å². The highest BCUT2D eigenvalue weighted by Gasteiger charge is 2.25. The van der Waals surface area contributed by atoms with Gasteiger partial charge >= 0.3 is 5.97 Å². The zero-order valence-electron chi connectivity index (χ0n) is 9.46. The molecule has 6 heteroatoms. The number of nitrogens with two attached hydrogens (primary N) is 1. The fourth-order valence-electron chi connectivity index (χ4n) is 1.73. The second kappa shape index (κ2) is 5.29. The molecule has 1 aromatic rings. The van der Waals surface area contributed by atoms with Crippen molar-refractivity contribution in [3.63, 3.8) is 0 Å². The number of primary sulfonamides is 1. The Bertz CT molecular complexity index is 510. The van der Waals surface area contributed by atoms with Gasteiger partial charge < -0.3 is 5.11 Å². The Kier molecular flexibility index (Phi) is 4.25.